The molecule has 0 aromatic carbocycles. The Morgan fingerprint density at radius 2 is 2.21 bits per heavy atom. The highest BCUT2D eigenvalue weighted by Gasteiger charge is 2.37. The number of hydrogen-bond acceptors (Lipinski definition) is 3. The first-order valence-corrected chi connectivity index (χ1v) is 5.32. The monoisotopic (exact) mass is 217 g/mol. The van der Waals surface area contributed by atoms with Crippen LogP contribution in [0.25, 0.3) is 0 Å². The molecular formula is C9H15NO3S. The van der Waals surface area contributed by atoms with Gasteiger partial charge in [0, 0.05) is 13.0 Å². The molecule has 1 heterocycles. The van der Waals surface area contributed by atoms with Crippen molar-refractivity contribution in [2.75, 3.05) is 12.3 Å². The van der Waals surface area contributed by atoms with E-state index in [4.69, 9.17) is 5.11 Å². The maximum absolute atomic E-state index is 11.5. The lowest BCUT2D eigenvalue weighted by molar-refractivity contribution is -0.148. The summed E-state index contributed by atoms with van der Waals surface area (Å²) in [4.78, 5) is 23.8. The van der Waals surface area contributed by atoms with Gasteiger partial charge in [-0.15, -0.1) is 0 Å². The van der Waals surface area contributed by atoms with E-state index in [1.165, 1.54) is 4.90 Å². The Morgan fingerprint density at radius 3 is 2.71 bits per heavy atom. The van der Waals surface area contributed by atoms with Crippen molar-refractivity contribution in [3.63, 3.8) is 0 Å². The fourth-order valence-corrected chi connectivity index (χ4v) is 1.99. The zero-order chi connectivity index (χ0) is 10.7. The number of carboxylic acid groups (broad SMARTS) is 1. The van der Waals surface area contributed by atoms with Crippen LogP contribution in [0.3, 0.4) is 0 Å². The van der Waals surface area contributed by atoms with E-state index in [9.17, 15) is 9.59 Å². The molecule has 0 bridgehead atoms. The van der Waals surface area contributed by atoms with Crippen molar-refractivity contribution in [2.45, 2.75) is 25.8 Å². The molecule has 1 aliphatic rings. The summed E-state index contributed by atoms with van der Waals surface area (Å²) in [6.07, 6.45) is 0.882. The van der Waals surface area contributed by atoms with Crippen molar-refractivity contribution in [2.24, 2.45) is 5.92 Å². The molecule has 0 aromatic rings. The lowest BCUT2D eigenvalue weighted by Gasteiger charge is -2.20. The number of rotatable bonds is 3. The van der Waals surface area contributed by atoms with Crippen LogP contribution in [-0.2, 0) is 9.59 Å². The first-order valence-electron chi connectivity index (χ1n) is 4.69. The fraction of sp³-hybridized carbons (Fsp3) is 0.778. The normalized spacial score (nSPS) is 26.6. The van der Waals surface area contributed by atoms with Gasteiger partial charge in [-0.1, -0.05) is 6.92 Å². The average molecular weight is 217 g/mol. The van der Waals surface area contributed by atoms with Crippen LogP contribution in [0.15, 0.2) is 0 Å². The molecule has 0 aliphatic carbocycles. The van der Waals surface area contributed by atoms with E-state index in [0.717, 1.165) is 0 Å². The van der Waals surface area contributed by atoms with Crippen LogP contribution in [0.4, 0.5) is 0 Å². The number of nitrogens with zero attached hydrogens (tertiary/aromatic N) is 1. The van der Waals surface area contributed by atoms with E-state index in [-0.39, 0.29) is 11.8 Å². The lowest BCUT2D eigenvalue weighted by Crippen LogP contribution is -2.40. The Balaban J connectivity index is 2.66. The van der Waals surface area contributed by atoms with Gasteiger partial charge in [0.05, 0.1) is 0 Å². The molecule has 0 aromatic heterocycles. The highest BCUT2D eigenvalue weighted by molar-refractivity contribution is 7.80. The molecule has 0 radical (unpaired) electrons. The van der Waals surface area contributed by atoms with Crippen LogP contribution >= 0.6 is 12.6 Å². The lowest BCUT2D eigenvalue weighted by atomic mass is 10.1. The summed E-state index contributed by atoms with van der Waals surface area (Å²) in [5.41, 5.74) is 0. The molecule has 4 nitrogen and oxygen atoms in total. The van der Waals surface area contributed by atoms with Gasteiger partial charge in [0.15, 0.2) is 0 Å². The Hall–Kier alpha value is -0.710. The number of amides is 1. The third-order valence-corrected chi connectivity index (χ3v) is 2.66. The van der Waals surface area contributed by atoms with E-state index in [0.29, 0.717) is 25.1 Å². The van der Waals surface area contributed by atoms with E-state index in [2.05, 4.69) is 12.6 Å². The molecule has 1 amide bonds. The van der Waals surface area contributed by atoms with Crippen LogP contribution in [-0.4, -0.2) is 40.2 Å². The molecular weight excluding hydrogens is 202 g/mol. The number of aliphatic carboxylic acids is 1. The topological polar surface area (TPSA) is 57.6 Å². The Labute approximate surface area is 88.7 Å². The van der Waals surface area contributed by atoms with Gasteiger partial charge in [-0.25, -0.2) is 4.79 Å². The minimum atomic E-state index is -0.901. The quantitative estimate of drug-likeness (QED) is 0.682. The number of carbonyl (C=O) groups excluding carboxylic acids is 1. The van der Waals surface area contributed by atoms with Gasteiger partial charge in [0.1, 0.15) is 6.04 Å². The van der Waals surface area contributed by atoms with Crippen LogP contribution in [0.1, 0.15) is 19.8 Å². The summed E-state index contributed by atoms with van der Waals surface area (Å²) in [6, 6.07) is -0.627. The Kier molecular flexibility index (Phi) is 3.80. The van der Waals surface area contributed by atoms with Gasteiger partial charge < -0.3 is 10.0 Å². The number of carbonyl (C=O) groups is 2. The number of thiol groups is 1. The summed E-state index contributed by atoms with van der Waals surface area (Å²) in [5, 5.41) is 8.91. The zero-order valence-corrected chi connectivity index (χ0v) is 9.04. The van der Waals surface area contributed by atoms with E-state index in [1.54, 1.807) is 0 Å². The van der Waals surface area contributed by atoms with Gasteiger partial charge in [-0.2, -0.15) is 12.6 Å². The van der Waals surface area contributed by atoms with Crippen molar-refractivity contribution < 1.29 is 14.7 Å². The molecule has 2 atom stereocenters. The minimum absolute atomic E-state index is 0.100. The summed E-state index contributed by atoms with van der Waals surface area (Å²) in [5.74, 6) is -0.255. The SMILES string of the molecule is CC1C[C@@H](C(=O)O)N(C(=O)CCS)C1. The predicted molar refractivity (Wildman–Crippen MR) is 55.4 cm³/mol. The van der Waals surface area contributed by atoms with Crippen LogP contribution in [0.5, 0.6) is 0 Å². The van der Waals surface area contributed by atoms with Gasteiger partial charge in [-0.05, 0) is 18.1 Å². The summed E-state index contributed by atoms with van der Waals surface area (Å²) >= 11 is 3.96. The van der Waals surface area contributed by atoms with E-state index >= 15 is 0 Å². The van der Waals surface area contributed by atoms with E-state index < -0.39 is 12.0 Å². The molecule has 1 N–H and O–H groups in total. The number of carboxylic acids is 1. The van der Waals surface area contributed by atoms with Crippen molar-refractivity contribution >= 4 is 24.5 Å². The molecule has 14 heavy (non-hydrogen) atoms. The third kappa shape index (κ3) is 2.41. The summed E-state index contributed by atoms with van der Waals surface area (Å²) in [7, 11) is 0. The molecule has 80 valence electrons. The highest BCUT2D eigenvalue weighted by atomic mass is 32.1. The first-order chi connectivity index (χ1) is 6.56. The third-order valence-electron chi connectivity index (χ3n) is 2.44. The second kappa shape index (κ2) is 4.68. The first kappa shape index (κ1) is 11.4. The summed E-state index contributed by atoms with van der Waals surface area (Å²) < 4.78 is 0. The van der Waals surface area contributed by atoms with Crippen LogP contribution in [0, 0.1) is 5.92 Å². The maximum atomic E-state index is 11.5. The van der Waals surface area contributed by atoms with Gasteiger partial charge in [-0.3, -0.25) is 4.79 Å². The van der Waals surface area contributed by atoms with Crippen molar-refractivity contribution in [3.8, 4) is 0 Å². The minimum Gasteiger partial charge on any atom is -0.480 e. The smallest absolute Gasteiger partial charge is 0.326 e. The van der Waals surface area contributed by atoms with Crippen molar-refractivity contribution in [1.82, 2.24) is 4.90 Å². The van der Waals surface area contributed by atoms with E-state index in [1.807, 2.05) is 6.92 Å². The van der Waals surface area contributed by atoms with Gasteiger partial charge in [0.25, 0.3) is 0 Å². The van der Waals surface area contributed by atoms with Crippen molar-refractivity contribution in [3.05, 3.63) is 0 Å². The molecule has 1 rings (SSSR count). The molecule has 0 spiro atoms. The molecule has 1 aliphatic heterocycles. The molecule has 5 heteroatoms. The van der Waals surface area contributed by atoms with Gasteiger partial charge in [0.2, 0.25) is 5.91 Å². The Bertz CT molecular complexity index is 244. The Morgan fingerprint density at radius 1 is 1.57 bits per heavy atom. The van der Waals surface area contributed by atoms with Crippen molar-refractivity contribution in [1.29, 1.82) is 0 Å². The van der Waals surface area contributed by atoms with Crippen LogP contribution in [0.2, 0.25) is 0 Å². The molecule has 1 saturated heterocycles. The second-order valence-corrected chi connectivity index (χ2v) is 4.16. The molecule has 1 fully saturated rings. The second-order valence-electron chi connectivity index (χ2n) is 3.71. The van der Waals surface area contributed by atoms with Crippen LogP contribution < -0.4 is 0 Å². The number of likely N-dealkylation sites (tertiary alicyclic amines) is 1. The molecule has 1 unspecified atom stereocenters. The van der Waals surface area contributed by atoms with Gasteiger partial charge >= 0.3 is 5.97 Å². The average Bonchev–Trinajstić information content (AvgIpc) is 2.48. The summed E-state index contributed by atoms with van der Waals surface area (Å²) in [6.45, 7) is 2.52. The highest BCUT2D eigenvalue weighted by Crippen LogP contribution is 2.23. The standard InChI is InChI=1S/C9H15NO3S/c1-6-4-7(9(12)13)10(5-6)8(11)2-3-14/h6-7,14H,2-5H2,1H3,(H,12,13)/t6?,7-/m0/s1. The number of hydrogen-bond donors (Lipinski definition) is 2. The largest absolute Gasteiger partial charge is 0.480 e. The maximum Gasteiger partial charge on any atom is 0.326 e. The fourth-order valence-electron chi connectivity index (χ4n) is 1.79. The zero-order valence-electron chi connectivity index (χ0n) is 8.14. The molecule has 0 saturated carbocycles. The predicted octanol–water partition coefficient (Wildman–Crippen LogP) is 0.628.